The van der Waals surface area contributed by atoms with Gasteiger partial charge in [0, 0.05) is 31.4 Å². The van der Waals surface area contributed by atoms with Gasteiger partial charge in [0.05, 0.1) is 0 Å². The third-order valence-electron chi connectivity index (χ3n) is 3.11. The van der Waals surface area contributed by atoms with Crippen molar-refractivity contribution in [2.45, 2.75) is 6.42 Å². The van der Waals surface area contributed by atoms with Crippen LogP contribution in [-0.2, 0) is 6.42 Å². The third-order valence-corrected chi connectivity index (χ3v) is 4.82. The number of rotatable bonds is 3. The van der Waals surface area contributed by atoms with Crippen LogP contribution in [0.4, 0.5) is 0 Å². The van der Waals surface area contributed by atoms with Crippen LogP contribution in [-0.4, -0.2) is 6.29 Å². The summed E-state index contributed by atoms with van der Waals surface area (Å²) in [6.07, 6.45) is 1.79. The molecule has 19 heavy (non-hydrogen) atoms. The van der Waals surface area contributed by atoms with Gasteiger partial charge >= 0.3 is 0 Å². The average Bonchev–Trinajstić information content (AvgIpc) is 2.78. The molecule has 0 bridgehead atoms. The summed E-state index contributed by atoms with van der Waals surface area (Å²) in [4.78, 5) is 12.5. The van der Waals surface area contributed by atoms with Crippen molar-refractivity contribution >= 4 is 43.6 Å². The van der Waals surface area contributed by atoms with Gasteiger partial charge in [0.2, 0.25) is 0 Å². The van der Waals surface area contributed by atoms with E-state index in [1.54, 1.807) is 11.3 Å². The van der Waals surface area contributed by atoms with Gasteiger partial charge in [-0.2, -0.15) is 0 Å². The Bertz CT molecular complexity index is 728. The molecule has 2 aromatic carbocycles. The number of hydrogen-bond acceptors (Lipinski definition) is 2. The Morgan fingerprint density at radius 1 is 1.05 bits per heavy atom. The predicted molar refractivity (Wildman–Crippen MR) is 84.2 cm³/mol. The van der Waals surface area contributed by atoms with E-state index in [0.717, 1.165) is 33.0 Å². The molecule has 1 aromatic heterocycles. The van der Waals surface area contributed by atoms with Crippen LogP contribution in [0, 0.1) is 0 Å². The fraction of sp³-hybridized carbons (Fsp3) is 0.0625. The first-order valence-electron chi connectivity index (χ1n) is 5.98. The molecule has 0 fully saturated rings. The number of aldehydes is 1. The molecule has 0 aliphatic rings. The largest absolute Gasteiger partial charge is 0.298 e. The molecule has 1 heterocycles. The molecule has 0 atom stereocenters. The van der Waals surface area contributed by atoms with Crippen molar-refractivity contribution in [1.82, 2.24) is 0 Å². The van der Waals surface area contributed by atoms with Crippen LogP contribution in [0.25, 0.3) is 10.1 Å². The van der Waals surface area contributed by atoms with Gasteiger partial charge in [0.15, 0.2) is 6.29 Å². The summed E-state index contributed by atoms with van der Waals surface area (Å²) in [7, 11) is 0. The summed E-state index contributed by atoms with van der Waals surface area (Å²) >= 11 is 5.14. The summed E-state index contributed by atoms with van der Waals surface area (Å²) in [5, 5.41) is 1.06. The molecule has 0 unspecified atom stereocenters. The lowest BCUT2D eigenvalue weighted by molar-refractivity contribution is 0.112. The van der Waals surface area contributed by atoms with Crippen molar-refractivity contribution in [3.63, 3.8) is 0 Å². The van der Waals surface area contributed by atoms with Crippen molar-refractivity contribution in [2.24, 2.45) is 0 Å². The van der Waals surface area contributed by atoms with Crippen LogP contribution < -0.4 is 0 Å². The highest BCUT2D eigenvalue weighted by molar-refractivity contribution is 9.10. The second-order valence-electron chi connectivity index (χ2n) is 4.36. The number of benzene rings is 2. The summed E-state index contributed by atoms with van der Waals surface area (Å²) in [5.41, 5.74) is 2.06. The molecule has 0 spiro atoms. The molecule has 0 radical (unpaired) electrons. The first kappa shape index (κ1) is 12.6. The predicted octanol–water partition coefficient (Wildman–Crippen LogP) is 5.07. The van der Waals surface area contributed by atoms with Crippen LogP contribution in [0.3, 0.4) is 0 Å². The van der Waals surface area contributed by atoms with Crippen molar-refractivity contribution in [3.05, 3.63) is 69.0 Å². The highest BCUT2D eigenvalue weighted by atomic mass is 79.9. The SMILES string of the molecule is O=Cc1c(Cc2ccc(Br)cc2)sc2ccccc12. The van der Waals surface area contributed by atoms with E-state index in [4.69, 9.17) is 0 Å². The van der Waals surface area contributed by atoms with Crippen LogP contribution in [0.1, 0.15) is 20.8 Å². The lowest BCUT2D eigenvalue weighted by Gasteiger charge is -2.00. The fourth-order valence-corrected chi connectivity index (χ4v) is 3.64. The minimum atomic E-state index is 0.806. The molecule has 0 N–H and O–H groups in total. The Balaban J connectivity index is 2.05. The van der Waals surface area contributed by atoms with E-state index in [1.807, 2.05) is 30.3 Å². The van der Waals surface area contributed by atoms with Crippen LogP contribution in [0.5, 0.6) is 0 Å². The highest BCUT2D eigenvalue weighted by Crippen LogP contribution is 2.31. The molecular weight excluding hydrogens is 320 g/mol. The van der Waals surface area contributed by atoms with Crippen molar-refractivity contribution in [2.75, 3.05) is 0 Å². The van der Waals surface area contributed by atoms with Crippen molar-refractivity contribution < 1.29 is 4.79 Å². The first-order chi connectivity index (χ1) is 9.28. The Labute approximate surface area is 124 Å². The number of hydrogen-bond donors (Lipinski definition) is 0. The normalized spacial score (nSPS) is 10.8. The Hall–Kier alpha value is -1.45. The third kappa shape index (κ3) is 2.48. The van der Waals surface area contributed by atoms with Gasteiger partial charge < -0.3 is 0 Å². The zero-order chi connectivity index (χ0) is 13.2. The van der Waals surface area contributed by atoms with E-state index in [0.29, 0.717) is 0 Å². The quantitative estimate of drug-likeness (QED) is 0.613. The topological polar surface area (TPSA) is 17.1 Å². The van der Waals surface area contributed by atoms with E-state index in [-0.39, 0.29) is 0 Å². The minimum absolute atomic E-state index is 0.806. The van der Waals surface area contributed by atoms with Gasteiger partial charge in [-0.05, 0) is 23.8 Å². The van der Waals surface area contributed by atoms with E-state index < -0.39 is 0 Å². The molecule has 3 aromatic rings. The van der Waals surface area contributed by atoms with Gasteiger partial charge in [0.1, 0.15) is 0 Å². The Kier molecular flexibility index (Phi) is 3.49. The highest BCUT2D eigenvalue weighted by Gasteiger charge is 2.11. The number of carbonyl (C=O) groups excluding carboxylic acids is 1. The standard InChI is InChI=1S/C16H11BrOS/c17-12-7-5-11(6-8-12)9-16-14(10-18)13-3-1-2-4-15(13)19-16/h1-8,10H,9H2. The van der Waals surface area contributed by atoms with E-state index in [1.165, 1.54) is 10.3 Å². The van der Waals surface area contributed by atoms with E-state index in [2.05, 4.69) is 34.1 Å². The van der Waals surface area contributed by atoms with Gasteiger partial charge in [-0.25, -0.2) is 0 Å². The summed E-state index contributed by atoms with van der Waals surface area (Å²) in [6.45, 7) is 0. The van der Waals surface area contributed by atoms with Gasteiger partial charge in [-0.15, -0.1) is 11.3 Å². The monoisotopic (exact) mass is 330 g/mol. The molecule has 3 rings (SSSR count). The maximum absolute atomic E-state index is 11.3. The van der Waals surface area contributed by atoms with Crippen molar-refractivity contribution in [1.29, 1.82) is 0 Å². The lowest BCUT2D eigenvalue weighted by Crippen LogP contribution is -1.89. The molecular formula is C16H11BrOS. The maximum Gasteiger partial charge on any atom is 0.151 e. The number of carbonyl (C=O) groups is 1. The number of fused-ring (bicyclic) bond motifs is 1. The second-order valence-corrected chi connectivity index (χ2v) is 6.41. The zero-order valence-corrected chi connectivity index (χ0v) is 12.5. The molecule has 94 valence electrons. The molecule has 0 amide bonds. The molecule has 0 aliphatic heterocycles. The van der Waals surface area contributed by atoms with Crippen LogP contribution >= 0.6 is 27.3 Å². The molecule has 0 saturated heterocycles. The van der Waals surface area contributed by atoms with Gasteiger partial charge in [-0.3, -0.25) is 4.79 Å². The van der Waals surface area contributed by atoms with Crippen LogP contribution in [0.2, 0.25) is 0 Å². The Morgan fingerprint density at radius 3 is 2.53 bits per heavy atom. The second kappa shape index (κ2) is 5.27. The summed E-state index contributed by atoms with van der Waals surface area (Å²) in [5.74, 6) is 0. The number of thiophene rings is 1. The summed E-state index contributed by atoms with van der Waals surface area (Å²) in [6, 6.07) is 16.3. The molecule has 0 saturated carbocycles. The van der Waals surface area contributed by atoms with Crippen molar-refractivity contribution in [3.8, 4) is 0 Å². The molecule has 0 aliphatic carbocycles. The maximum atomic E-state index is 11.3. The Morgan fingerprint density at radius 2 is 1.79 bits per heavy atom. The van der Waals surface area contributed by atoms with Gasteiger partial charge in [-0.1, -0.05) is 46.3 Å². The average molecular weight is 331 g/mol. The fourth-order valence-electron chi connectivity index (χ4n) is 2.16. The number of halogens is 1. The van der Waals surface area contributed by atoms with E-state index in [9.17, 15) is 4.79 Å². The molecule has 3 heteroatoms. The first-order valence-corrected chi connectivity index (χ1v) is 7.59. The van der Waals surface area contributed by atoms with E-state index >= 15 is 0 Å². The lowest BCUT2D eigenvalue weighted by atomic mass is 10.1. The minimum Gasteiger partial charge on any atom is -0.298 e. The zero-order valence-electron chi connectivity index (χ0n) is 10.1. The molecule has 1 nitrogen and oxygen atoms in total. The van der Waals surface area contributed by atoms with Crippen LogP contribution in [0.15, 0.2) is 53.0 Å². The van der Waals surface area contributed by atoms with Gasteiger partial charge in [0.25, 0.3) is 0 Å². The smallest absolute Gasteiger partial charge is 0.151 e. The summed E-state index contributed by atoms with van der Waals surface area (Å²) < 4.78 is 2.25.